The average Bonchev–Trinajstić information content (AvgIpc) is 2.53. The van der Waals surface area contributed by atoms with Gasteiger partial charge in [0.1, 0.15) is 5.60 Å². The maximum Gasteiger partial charge on any atom is 0.410 e. The molecule has 1 saturated heterocycles. The van der Waals surface area contributed by atoms with Gasteiger partial charge in [0, 0.05) is 38.9 Å². The molecule has 8 nitrogen and oxygen atoms in total. The van der Waals surface area contributed by atoms with Gasteiger partial charge in [-0.15, -0.1) is 0 Å². The fourth-order valence-electron chi connectivity index (χ4n) is 2.98. The van der Waals surface area contributed by atoms with Gasteiger partial charge in [-0.25, -0.2) is 9.78 Å². The highest BCUT2D eigenvalue weighted by atomic mass is 16.6. The van der Waals surface area contributed by atoms with Gasteiger partial charge < -0.3 is 14.5 Å². The van der Waals surface area contributed by atoms with Crippen molar-refractivity contribution in [1.29, 1.82) is 0 Å². The van der Waals surface area contributed by atoms with E-state index in [0.29, 0.717) is 18.9 Å². The minimum absolute atomic E-state index is 0.0173. The van der Waals surface area contributed by atoms with Crippen molar-refractivity contribution in [2.75, 3.05) is 31.6 Å². The van der Waals surface area contributed by atoms with Crippen LogP contribution < -0.4 is 4.90 Å². The van der Waals surface area contributed by atoms with E-state index in [4.69, 9.17) is 4.74 Å². The average molecular weight is 350 g/mol. The van der Waals surface area contributed by atoms with Gasteiger partial charge in [0.2, 0.25) is 5.82 Å². The molecule has 1 aliphatic heterocycles. The first-order valence-electron chi connectivity index (χ1n) is 8.46. The van der Waals surface area contributed by atoms with E-state index in [1.54, 1.807) is 24.2 Å². The van der Waals surface area contributed by atoms with E-state index in [0.717, 1.165) is 19.4 Å². The Hall–Kier alpha value is -2.38. The normalized spacial score (nSPS) is 17.9. The number of rotatable bonds is 4. The highest BCUT2D eigenvalue weighted by molar-refractivity contribution is 5.67. The van der Waals surface area contributed by atoms with Crippen molar-refractivity contribution in [2.45, 2.75) is 39.2 Å². The molecule has 0 aliphatic carbocycles. The van der Waals surface area contributed by atoms with Crippen molar-refractivity contribution in [3.8, 4) is 0 Å². The summed E-state index contributed by atoms with van der Waals surface area (Å²) < 4.78 is 5.37. The van der Waals surface area contributed by atoms with E-state index in [1.807, 2.05) is 25.7 Å². The molecule has 1 aromatic rings. The first-order chi connectivity index (χ1) is 11.7. The zero-order valence-corrected chi connectivity index (χ0v) is 15.3. The molecule has 1 aliphatic rings. The Kier molecular flexibility index (Phi) is 5.81. The lowest BCUT2D eigenvalue weighted by atomic mass is 9.97. The number of hydrogen-bond donors (Lipinski definition) is 0. The van der Waals surface area contributed by atoms with Gasteiger partial charge in [-0.3, -0.25) is 10.1 Å². The number of carbonyl (C=O) groups excluding carboxylic acids is 1. The predicted octanol–water partition coefficient (Wildman–Crippen LogP) is 3.07. The Balaban J connectivity index is 2.02. The summed E-state index contributed by atoms with van der Waals surface area (Å²) in [7, 11) is 1.72. The van der Waals surface area contributed by atoms with Crippen LogP contribution in [0.3, 0.4) is 0 Å². The molecule has 0 saturated carbocycles. The molecule has 0 N–H and O–H groups in total. The Morgan fingerprint density at radius 3 is 2.88 bits per heavy atom. The molecule has 0 aromatic carbocycles. The van der Waals surface area contributed by atoms with Gasteiger partial charge >= 0.3 is 11.8 Å². The Morgan fingerprint density at radius 1 is 1.52 bits per heavy atom. The van der Waals surface area contributed by atoms with Crippen LogP contribution in [-0.2, 0) is 4.74 Å². The molecule has 1 amide bonds. The van der Waals surface area contributed by atoms with Crippen molar-refractivity contribution in [3.63, 3.8) is 0 Å². The molecule has 1 unspecified atom stereocenters. The molecule has 25 heavy (non-hydrogen) atoms. The smallest absolute Gasteiger partial charge is 0.410 e. The van der Waals surface area contributed by atoms with E-state index in [1.165, 1.54) is 6.07 Å². The summed E-state index contributed by atoms with van der Waals surface area (Å²) in [5.41, 5.74) is -0.512. The fourth-order valence-corrected chi connectivity index (χ4v) is 2.98. The highest BCUT2D eigenvalue weighted by Gasteiger charge is 2.28. The van der Waals surface area contributed by atoms with Crippen LogP contribution in [0, 0.1) is 16.0 Å². The lowest BCUT2D eigenvalue weighted by molar-refractivity contribution is -0.384. The summed E-state index contributed by atoms with van der Waals surface area (Å²) in [4.78, 5) is 30.6. The van der Waals surface area contributed by atoms with Gasteiger partial charge in [0.05, 0.1) is 4.92 Å². The predicted molar refractivity (Wildman–Crippen MR) is 94.7 cm³/mol. The standard InChI is InChI=1S/C17H26N4O4/c1-17(2,3)25-16(22)19(4)11-13-7-6-10-20(12-13)15-14(21(23)24)8-5-9-18-15/h5,8-9,13H,6-7,10-12H2,1-4H3. The van der Waals surface area contributed by atoms with Crippen molar-refractivity contribution >= 4 is 17.6 Å². The van der Waals surface area contributed by atoms with Crippen LogP contribution in [0.25, 0.3) is 0 Å². The van der Waals surface area contributed by atoms with Crippen LogP contribution >= 0.6 is 0 Å². The van der Waals surface area contributed by atoms with E-state index in [2.05, 4.69) is 4.98 Å². The van der Waals surface area contributed by atoms with Gasteiger partial charge in [-0.2, -0.15) is 0 Å². The Morgan fingerprint density at radius 2 is 2.24 bits per heavy atom. The lowest BCUT2D eigenvalue weighted by Gasteiger charge is -2.35. The number of ether oxygens (including phenoxy) is 1. The second-order valence-corrected chi connectivity index (χ2v) is 7.42. The number of piperidine rings is 1. The van der Waals surface area contributed by atoms with Crippen molar-refractivity contribution < 1.29 is 14.5 Å². The van der Waals surface area contributed by atoms with Crippen LogP contribution in [0.1, 0.15) is 33.6 Å². The van der Waals surface area contributed by atoms with Crippen LogP contribution in [0.15, 0.2) is 18.3 Å². The number of pyridine rings is 1. The summed E-state index contributed by atoms with van der Waals surface area (Å²) in [6.07, 6.45) is 3.08. The van der Waals surface area contributed by atoms with E-state index in [9.17, 15) is 14.9 Å². The molecule has 1 fully saturated rings. The third kappa shape index (κ3) is 5.30. The molecule has 1 atom stereocenters. The number of nitrogens with zero attached hydrogens (tertiary/aromatic N) is 4. The van der Waals surface area contributed by atoms with Crippen molar-refractivity contribution in [2.24, 2.45) is 5.92 Å². The number of aromatic nitrogens is 1. The first kappa shape index (κ1) is 19.0. The summed E-state index contributed by atoms with van der Waals surface area (Å²) in [6, 6.07) is 3.04. The number of nitro groups is 1. The minimum Gasteiger partial charge on any atom is -0.444 e. The van der Waals surface area contributed by atoms with E-state index < -0.39 is 10.5 Å². The van der Waals surface area contributed by atoms with E-state index >= 15 is 0 Å². The maximum atomic E-state index is 12.1. The third-order valence-electron chi connectivity index (χ3n) is 4.02. The zero-order chi connectivity index (χ0) is 18.6. The molecule has 2 rings (SSSR count). The Bertz CT molecular complexity index is 629. The van der Waals surface area contributed by atoms with Crippen LogP contribution in [0.2, 0.25) is 0 Å². The molecule has 8 heteroatoms. The summed E-state index contributed by atoms with van der Waals surface area (Å²) >= 11 is 0. The SMILES string of the molecule is CN(CC1CCCN(c2ncccc2[N+](=O)[O-])C1)C(=O)OC(C)(C)C. The second-order valence-electron chi connectivity index (χ2n) is 7.42. The second kappa shape index (κ2) is 7.67. The van der Waals surface area contributed by atoms with Crippen molar-refractivity contribution in [1.82, 2.24) is 9.88 Å². The molecule has 0 spiro atoms. The lowest BCUT2D eigenvalue weighted by Crippen LogP contribution is -2.43. The molecule has 1 aromatic heterocycles. The van der Waals surface area contributed by atoms with Crippen LogP contribution in [-0.4, -0.2) is 53.2 Å². The molecule has 138 valence electrons. The molecule has 2 heterocycles. The summed E-state index contributed by atoms with van der Waals surface area (Å²) in [5, 5.41) is 11.2. The quantitative estimate of drug-likeness (QED) is 0.612. The first-order valence-corrected chi connectivity index (χ1v) is 8.46. The number of anilines is 1. The van der Waals surface area contributed by atoms with Crippen LogP contribution in [0.4, 0.5) is 16.3 Å². The minimum atomic E-state index is -0.529. The van der Waals surface area contributed by atoms with Gasteiger partial charge in [0.15, 0.2) is 0 Å². The molecule has 0 radical (unpaired) electrons. The zero-order valence-electron chi connectivity index (χ0n) is 15.3. The molecular formula is C17H26N4O4. The number of carbonyl (C=O) groups is 1. The van der Waals surface area contributed by atoms with E-state index in [-0.39, 0.29) is 17.7 Å². The number of hydrogen-bond acceptors (Lipinski definition) is 6. The topological polar surface area (TPSA) is 88.8 Å². The van der Waals surface area contributed by atoms with Gasteiger partial charge in [-0.05, 0) is 45.6 Å². The summed E-state index contributed by atoms with van der Waals surface area (Å²) in [5.74, 6) is 0.616. The fraction of sp³-hybridized carbons (Fsp3) is 0.647. The molecule has 0 bridgehead atoms. The third-order valence-corrected chi connectivity index (χ3v) is 4.02. The maximum absolute atomic E-state index is 12.1. The number of amides is 1. The highest BCUT2D eigenvalue weighted by Crippen LogP contribution is 2.29. The molecular weight excluding hydrogens is 324 g/mol. The monoisotopic (exact) mass is 350 g/mol. The Labute approximate surface area is 147 Å². The van der Waals surface area contributed by atoms with Gasteiger partial charge in [-0.1, -0.05) is 0 Å². The van der Waals surface area contributed by atoms with Crippen LogP contribution in [0.5, 0.6) is 0 Å². The largest absolute Gasteiger partial charge is 0.444 e. The van der Waals surface area contributed by atoms with Gasteiger partial charge in [0.25, 0.3) is 0 Å². The van der Waals surface area contributed by atoms with Crippen molar-refractivity contribution in [3.05, 3.63) is 28.4 Å². The summed E-state index contributed by atoms with van der Waals surface area (Å²) in [6.45, 7) is 7.41.